The summed E-state index contributed by atoms with van der Waals surface area (Å²) in [6, 6.07) is 0. The first-order chi connectivity index (χ1) is 2.00. The van der Waals surface area contributed by atoms with Gasteiger partial charge in [0, 0.05) is 33.3 Å². The van der Waals surface area contributed by atoms with Crippen molar-refractivity contribution < 1.29 is 59.1 Å². The summed E-state index contributed by atoms with van der Waals surface area (Å²) in [6.07, 6.45) is 0. The van der Waals surface area contributed by atoms with E-state index in [9.17, 15) is 0 Å². The van der Waals surface area contributed by atoms with Crippen molar-refractivity contribution in [1.29, 1.82) is 0 Å². The molecule has 5 nitrogen and oxygen atoms in total. The first-order valence-corrected chi connectivity index (χ1v) is 2.10. The van der Waals surface area contributed by atoms with Crippen molar-refractivity contribution in [3.63, 3.8) is 0 Å². The normalized spacial score (nSPS) is 6.44. The molecule has 0 saturated carbocycles. The maximum Gasteiger partial charge on any atom is 2.00 e. The molecule has 0 aromatic rings. The third-order valence-corrected chi connectivity index (χ3v) is 0. The Morgan fingerprint density at radius 3 is 1.22 bits per heavy atom. The average molecular weight is 276 g/mol. The molecule has 0 aliphatic heterocycles. The van der Waals surface area contributed by atoms with Crippen LogP contribution in [0.3, 0.4) is 0 Å². The van der Waals surface area contributed by atoms with Gasteiger partial charge < -0.3 is 8.33 Å². The zero-order chi connectivity index (χ0) is 4.50. The van der Waals surface area contributed by atoms with Crippen LogP contribution in [0.5, 0.6) is 0 Å². The van der Waals surface area contributed by atoms with Crippen molar-refractivity contribution in [1.82, 2.24) is 0 Å². The Morgan fingerprint density at radius 2 is 1.22 bits per heavy atom. The van der Waals surface area contributed by atoms with Crippen LogP contribution >= 0.6 is 0 Å². The molecule has 0 fully saturated rings. The molecule has 9 heteroatoms. The Hall–Kier alpha value is 2.09. The quantitative estimate of drug-likeness (QED) is 0.409. The average Bonchev–Trinajstić information content (AvgIpc) is 0.722. The van der Waals surface area contributed by atoms with Gasteiger partial charge in [-0.05, 0) is 0 Å². The summed E-state index contributed by atoms with van der Waals surface area (Å²) in [4.78, 5) is 0. The molecule has 0 amide bonds. The Kier molecular flexibility index (Phi) is 43.1. The Bertz CT molecular complexity index is 108. The molecule has 4 N–H and O–H groups in total. The second-order valence-corrected chi connectivity index (χ2v) is 1.34. The van der Waals surface area contributed by atoms with Crippen LogP contribution < -0.4 is 0 Å². The molecular formula is H6CaCoNiO5S. The van der Waals surface area contributed by atoms with Gasteiger partial charge in [0.15, 0.2) is 0 Å². The monoisotopic (exact) mass is 275 g/mol. The van der Waals surface area contributed by atoms with Crippen LogP contribution in [-0.4, -0.2) is 60.7 Å². The molecule has 1 radical (unpaired) electrons. The zero-order valence-corrected chi connectivity index (χ0v) is 9.03. The Labute approximate surface area is 106 Å². The second kappa shape index (κ2) is 12.7. The molecule has 0 saturated heterocycles. The van der Waals surface area contributed by atoms with Crippen LogP contribution in [0.25, 0.3) is 0 Å². The third kappa shape index (κ3) is 151. The summed E-state index contributed by atoms with van der Waals surface area (Å²) < 4.78 is 31.6. The predicted molar refractivity (Wildman–Crippen MR) is 25.8 cm³/mol. The van der Waals surface area contributed by atoms with E-state index >= 15 is 0 Å². The summed E-state index contributed by atoms with van der Waals surface area (Å²) in [6.45, 7) is 0. The van der Waals surface area contributed by atoms with Crippen molar-refractivity contribution in [2.45, 2.75) is 0 Å². The van der Waals surface area contributed by atoms with Gasteiger partial charge >= 0.3 is 48.1 Å². The number of hydrogen-bond acceptors (Lipinski definition) is 2. The molecule has 0 aromatic carbocycles. The van der Waals surface area contributed by atoms with E-state index < -0.39 is 10.4 Å². The van der Waals surface area contributed by atoms with E-state index in [1.165, 1.54) is 0 Å². The van der Waals surface area contributed by atoms with E-state index in [-0.39, 0.29) is 79.3 Å². The topological polar surface area (TPSA) is 106 Å². The summed E-state index contributed by atoms with van der Waals surface area (Å²) in [5.74, 6) is 0. The van der Waals surface area contributed by atoms with Crippen molar-refractivity contribution in [3.8, 4) is 0 Å². The zero-order valence-electron chi connectivity index (χ0n) is 5.98. The fraction of sp³-hybridized carbons (Fsp3) is 0. The van der Waals surface area contributed by atoms with Crippen LogP contribution in [0.1, 0.15) is 2.85 Å². The van der Waals surface area contributed by atoms with Gasteiger partial charge in [0.05, 0.1) is 0 Å². The van der Waals surface area contributed by atoms with Gasteiger partial charge in [0.2, 0.25) is 0 Å². The van der Waals surface area contributed by atoms with Crippen LogP contribution in [0.2, 0.25) is 0 Å². The summed E-state index contributed by atoms with van der Waals surface area (Å²) in [5.41, 5.74) is 0. The van der Waals surface area contributed by atoms with Gasteiger partial charge in [-0.2, -0.15) is 8.42 Å². The smallest absolute Gasteiger partial charge is 1.00 e. The molecule has 0 heterocycles. The molecule has 9 heavy (non-hydrogen) atoms. The predicted octanol–water partition coefficient (Wildman–Crippen LogP) is -1.64. The molecule has 0 unspecified atom stereocenters. The minimum atomic E-state index is -4.67. The molecule has 0 aromatic heterocycles. The fourth-order valence-electron chi connectivity index (χ4n) is 0. The number of rotatable bonds is 0. The summed E-state index contributed by atoms with van der Waals surface area (Å²) in [7, 11) is -4.67. The van der Waals surface area contributed by atoms with Crippen LogP contribution in [0.4, 0.5) is 0 Å². The van der Waals surface area contributed by atoms with Gasteiger partial charge in [0.25, 0.3) is 0 Å². The molecule has 0 rings (SSSR count). The maximum absolute atomic E-state index is 8.74. The van der Waals surface area contributed by atoms with Crippen LogP contribution in [-0.2, 0) is 43.7 Å². The van der Waals surface area contributed by atoms with E-state index in [0.29, 0.717) is 0 Å². The van der Waals surface area contributed by atoms with E-state index in [1.807, 2.05) is 0 Å². The van der Waals surface area contributed by atoms with Crippen molar-refractivity contribution >= 4 is 48.1 Å². The van der Waals surface area contributed by atoms with Gasteiger partial charge in [-0.1, -0.05) is 0 Å². The Morgan fingerprint density at radius 1 is 1.22 bits per heavy atom. The molecule has 63 valence electrons. The van der Waals surface area contributed by atoms with E-state index in [0.717, 1.165) is 0 Å². The largest absolute Gasteiger partial charge is 2.00 e. The number of hydrogen-bond donors (Lipinski definition) is 2. The van der Waals surface area contributed by atoms with E-state index in [4.69, 9.17) is 17.5 Å². The Balaban J connectivity index is -0.00000000533. The van der Waals surface area contributed by atoms with E-state index in [2.05, 4.69) is 0 Å². The molecule has 0 aliphatic carbocycles. The van der Waals surface area contributed by atoms with Crippen molar-refractivity contribution in [3.05, 3.63) is 0 Å². The summed E-state index contributed by atoms with van der Waals surface area (Å²) >= 11 is 0. The van der Waals surface area contributed by atoms with Crippen molar-refractivity contribution in [2.75, 3.05) is 0 Å². The maximum atomic E-state index is 8.74. The van der Waals surface area contributed by atoms with Crippen molar-refractivity contribution in [2.24, 2.45) is 0 Å². The molecule has 0 bridgehead atoms. The second-order valence-electron chi connectivity index (χ2n) is 0.448. The third-order valence-electron chi connectivity index (χ3n) is 0. The minimum absolute atomic E-state index is 0. The molecule has 0 atom stereocenters. The summed E-state index contributed by atoms with van der Waals surface area (Å²) in [5, 5.41) is 0. The van der Waals surface area contributed by atoms with Gasteiger partial charge in [-0.25, -0.2) is 0 Å². The molecular weight excluding hydrogens is 270 g/mol. The van der Waals surface area contributed by atoms with E-state index in [1.54, 1.807) is 0 Å². The van der Waals surface area contributed by atoms with Gasteiger partial charge in [-0.15, -0.1) is 0 Å². The van der Waals surface area contributed by atoms with Crippen LogP contribution in [0.15, 0.2) is 0 Å². The standard InChI is InChI=1S/Ca.Co.Ni.H2O4S.H2O.2H/c;;;1-5(2,3)4;;;/h;;;(H2,1,2,3,4);1H2;;/q+2;;;;;2*-1. The van der Waals surface area contributed by atoms with Gasteiger partial charge in [0.1, 0.15) is 0 Å². The first kappa shape index (κ1) is 30.4. The first-order valence-electron chi connectivity index (χ1n) is 0.698. The fourth-order valence-corrected chi connectivity index (χ4v) is 0. The van der Waals surface area contributed by atoms with Crippen LogP contribution in [0, 0.1) is 0 Å². The van der Waals surface area contributed by atoms with Gasteiger partial charge in [-0.3, -0.25) is 9.11 Å². The SMILES string of the molecule is O.O=S(=O)(O)O.[Ca+2].[Co].[H-].[H-].[Ni]. The molecule has 0 aliphatic rings. The minimum Gasteiger partial charge on any atom is -1.00 e. The molecule has 0 spiro atoms.